The molecule has 0 bridgehead atoms. The lowest BCUT2D eigenvalue weighted by molar-refractivity contribution is -0.115. The van der Waals surface area contributed by atoms with E-state index in [0.29, 0.717) is 17.1 Å². The normalized spacial score (nSPS) is 10.3. The lowest BCUT2D eigenvalue weighted by Crippen LogP contribution is -2.23. The molecule has 0 spiro atoms. The zero-order chi connectivity index (χ0) is 15.9. The molecule has 5 heteroatoms. The van der Waals surface area contributed by atoms with Gasteiger partial charge < -0.3 is 10.2 Å². The van der Waals surface area contributed by atoms with Gasteiger partial charge in [-0.2, -0.15) is 0 Å². The van der Waals surface area contributed by atoms with Gasteiger partial charge >= 0.3 is 0 Å². The summed E-state index contributed by atoms with van der Waals surface area (Å²) in [4.78, 5) is 18.6. The van der Waals surface area contributed by atoms with Crippen LogP contribution in [0.15, 0.2) is 42.6 Å². The fourth-order valence-corrected chi connectivity index (χ4v) is 2.31. The molecule has 1 N–H and O–H groups in total. The van der Waals surface area contributed by atoms with E-state index < -0.39 is 0 Å². The van der Waals surface area contributed by atoms with E-state index in [-0.39, 0.29) is 5.91 Å². The number of hydrogen-bond acceptors (Lipinski definition) is 3. The van der Waals surface area contributed by atoms with Gasteiger partial charge in [0.2, 0.25) is 5.91 Å². The minimum atomic E-state index is -0.0697. The van der Waals surface area contributed by atoms with Crippen molar-refractivity contribution in [1.29, 1.82) is 0 Å². The Hall–Kier alpha value is -2.07. The van der Waals surface area contributed by atoms with Crippen molar-refractivity contribution in [3.05, 3.63) is 53.2 Å². The van der Waals surface area contributed by atoms with Gasteiger partial charge in [-0.05, 0) is 43.7 Å². The highest BCUT2D eigenvalue weighted by atomic mass is 35.5. The number of rotatable bonds is 6. The molecule has 0 aliphatic carbocycles. The first-order valence-electron chi connectivity index (χ1n) is 7.37. The van der Waals surface area contributed by atoms with Gasteiger partial charge in [-0.15, -0.1) is 0 Å². The van der Waals surface area contributed by atoms with E-state index in [1.54, 1.807) is 18.3 Å². The fraction of sp³-hybridized carbons (Fsp3) is 0.294. The molecule has 0 atom stereocenters. The summed E-state index contributed by atoms with van der Waals surface area (Å²) in [6.45, 7) is 6.00. The molecule has 1 aromatic carbocycles. The van der Waals surface area contributed by atoms with Crippen LogP contribution in [0.4, 0.5) is 11.5 Å². The van der Waals surface area contributed by atoms with Crippen molar-refractivity contribution in [3.63, 3.8) is 0 Å². The zero-order valence-electron chi connectivity index (χ0n) is 12.8. The second-order valence-electron chi connectivity index (χ2n) is 4.93. The molecule has 1 amide bonds. The fourth-order valence-electron chi connectivity index (χ4n) is 2.19. The average Bonchev–Trinajstić information content (AvgIpc) is 2.52. The Morgan fingerprint density at radius 1 is 1.14 bits per heavy atom. The van der Waals surface area contributed by atoms with Gasteiger partial charge in [0, 0.05) is 18.1 Å². The quantitative estimate of drug-likeness (QED) is 0.882. The van der Waals surface area contributed by atoms with E-state index in [1.807, 2.05) is 24.3 Å². The van der Waals surface area contributed by atoms with E-state index in [9.17, 15) is 4.79 Å². The third-order valence-corrected chi connectivity index (χ3v) is 3.65. The van der Waals surface area contributed by atoms with Gasteiger partial charge in [0.15, 0.2) is 0 Å². The Bertz CT molecular complexity index is 607. The summed E-state index contributed by atoms with van der Waals surface area (Å²) >= 11 is 5.83. The van der Waals surface area contributed by atoms with Gasteiger partial charge in [0.25, 0.3) is 0 Å². The molecule has 1 heterocycles. The lowest BCUT2D eigenvalue weighted by Gasteiger charge is -2.19. The molecule has 0 unspecified atom stereocenters. The van der Waals surface area contributed by atoms with Crippen LogP contribution in [0.3, 0.4) is 0 Å². The van der Waals surface area contributed by atoms with E-state index in [0.717, 1.165) is 24.5 Å². The van der Waals surface area contributed by atoms with Crippen LogP contribution >= 0.6 is 11.6 Å². The summed E-state index contributed by atoms with van der Waals surface area (Å²) in [5, 5.41) is 3.52. The number of nitrogens with one attached hydrogen (secondary N) is 1. The predicted octanol–water partition coefficient (Wildman–Crippen LogP) is 3.76. The molecular weight excluding hydrogens is 298 g/mol. The van der Waals surface area contributed by atoms with Gasteiger partial charge in [0.05, 0.1) is 18.3 Å². The van der Waals surface area contributed by atoms with E-state index in [4.69, 9.17) is 11.6 Å². The second kappa shape index (κ2) is 7.80. The number of carbonyl (C=O) groups excluding carboxylic acids is 1. The maximum absolute atomic E-state index is 12.0. The average molecular weight is 318 g/mol. The van der Waals surface area contributed by atoms with Crippen LogP contribution in [-0.2, 0) is 11.2 Å². The molecule has 2 rings (SSSR count). The van der Waals surface area contributed by atoms with Crippen LogP contribution in [0.1, 0.15) is 19.4 Å². The standard InChI is InChI=1S/C17H20ClN3O/c1-3-21(4-2)16-10-9-15(12-19-16)20-17(22)11-13-5-7-14(18)8-6-13/h5-10,12H,3-4,11H2,1-2H3,(H,20,22). The molecule has 0 radical (unpaired) electrons. The predicted molar refractivity (Wildman–Crippen MR) is 91.6 cm³/mol. The largest absolute Gasteiger partial charge is 0.357 e. The summed E-state index contributed by atoms with van der Waals surface area (Å²) < 4.78 is 0. The van der Waals surface area contributed by atoms with Gasteiger partial charge in [-0.3, -0.25) is 4.79 Å². The first-order chi connectivity index (χ1) is 10.6. The first-order valence-corrected chi connectivity index (χ1v) is 7.75. The third-order valence-electron chi connectivity index (χ3n) is 3.40. The molecular formula is C17H20ClN3O. The van der Waals surface area contributed by atoms with Crippen LogP contribution in [0, 0.1) is 0 Å². The number of benzene rings is 1. The summed E-state index contributed by atoms with van der Waals surface area (Å²) in [6, 6.07) is 11.1. The zero-order valence-corrected chi connectivity index (χ0v) is 13.6. The first kappa shape index (κ1) is 16.3. The third kappa shape index (κ3) is 4.46. The number of pyridine rings is 1. The Morgan fingerprint density at radius 2 is 1.82 bits per heavy atom. The molecule has 4 nitrogen and oxygen atoms in total. The highest BCUT2D eigenvalue weighted by Gasteiger charge is 2.06. The highest BCUT2D eigenvalue weighted by molar-refractivity contribution is 6.30. The number of anilines is 2. The molecule has 22 heavy (non-hydrogen) atoms. The molecule has 0 aliphatic rings. The highest BCUT2D eigenvalue weighted by Crippen LogP contribution is 2.15. The smallest absolute Gasteiger partial charge is 0.228 e. The number of carbonyl (C=O) groups is 1. The number of aromatic nitrogens is 1. The van der Waals surface area contributed by atoms with Crippen molar-refractivity contribution in [2.24, 2.45) is 0 Å². The Balaban J connectivity index is 1.95. The van der Waals surface area contributed by atoms with E-state index in [2.05, 4.69) is 29.0 Å². The van der Waals surface area contributed by atoms with Gasteiger partial charge in [0.1, 0.15) is 5.82 Å². The maximum atomic E-state index is 12.0. The van der Waals surface area contributed by atoms with E-state index in [1.165, 1.54) is 0 Å². The molecule has 1 aromatic heterocycles. The summed E-state index contributed by atoms with van der Waals surface area (Å²) in [6.07, 6.45) is 2.00. The van der Waals surface area contributed by atoms with Crippen molar-refractivity contribution in [2.75, 3.05) is 23.3 Å². The molecule has 0 aliphatic heterocycles. The summed E-state index contributed by atoms with van der Waals surface area (Å²) in [5.41, 5.74) is 1.63. The minimum absolute atomic E-state index is 0.0697. The monoisotopic (exact) mass is 317 g/mol. The van der Waals surface area contributed by atoms with Crippen molar-refractivity contribution in [3.8, 4) is 0 Å². The minimum Gasteiger partial charge on any atom is -0.357 e. The van der Waals surface area contributed by atoms with Crippen molar-refractivity contribution >= 4 is 29.0 Å². The molecule has 0 fully saturated rings. The number of nitrogens with zero attached hydrogens (tertiary/aromatic N) is 2. The van der Waals surface area contributed by atoms with Crippen molar-refractivity contribution in [1.82, 2.24) is 4.98 Å². The summed E-state index contributed by atoms with van der Waals surface area (Å²) in [5.74, 6) is 0.848. The Kier molecular flexibility index (Phi) is 5.78. The Morgan fingerprint density at radius 3 is 2.36 bits per heavy atom. The van der Waals surface area contributed by atoms with Crippen molar-refractivity contribution in [2.45, 2.75) is 20.3 Å². The van der Waals surface area contributed by atoms with Gasteiger partial charge in [-0.1, -0.05) is 23.7 Å². The van der Waals surface area contributed by atoms with Crippen LogP contribution in [0.5, 0.6) is 0 Å². The lowest BCUT2D eigenvalue weighted by atomic mass is 10.1. The molecule has 0 saturated carbocycles. The van der Waals surface area contributed by atoms with E-state index >= 15 is 0 Å². The number of hydrogen-bond donors (Lipinski definition) is 1. The molecule has 0 saturated heterocycles. The second-order valence-corrected chi connectivity index (χ2v) is 5.37. The van der Waals surface area contributed by atoms with Crippen molar-refractivity contribution < 1.29 is 4.79 Å². The number of halogens is 1. The number of amides is 1. The topological polar surface area (TPSA) is 45.2 Å². The summed E-state index contributed by atoms with van der Waals surface area (Å²) in [7, 11) is 0. The Labute approximate surface area is 136 Å². The van der Waals surface area contributed by atoms with Gasteiger partial charge in [-0.25, -0.2) is 4.98 Å². The van der Waals surface area contributed by atoms with Crippen LogP contribution in [-0.4, -0.2) is 24.0 Å². The van der Waals surface area contributed by atoms with Crippen LogP contribution < -0.4 is 10.2 Å². The van der Waals surface area contributed by atoms with Crippen LogP contribution in [0.25, 0.3) is 0 Å². The molecule has 2 aromatic rings. The van der Waals surface area contributed by atoms with Crippen LogP contribution in [0.2, 0.25) is 5.02 Å². The maximum Gasteiger partial charge on any atom is 0.228 e. The molecule has 116 valence electrons. The SMILES string of the molecule is CCN(CC)c1ccc(NC(=O)Cc2ccc(Cl)cc2)cn1.